The molecule has 0 radical (unpaired) electrons. The van der Waals surface area contributed by atoms with E-state index in [0.29, 0.717) is 5.92 Å². The molecule has 0 aliphatic carbocycles. The third-order valence-electron chi connectivity index (χ3n) is 2.52. The number of hydrogen-bond donors (Lipinski definition) is 1. The summed E-state index contributed by atoms with van der Waals surface area (Å²) in [6, 6.07) is 4.34. The van der Waals surface area contributed by atoms with Crippen molar-refractivity contribution in [1.82, 2.24) is 4.98 Å². The van der Waals surface area contributed by atoms with Gasteiger partial charge in [0.2, 0.25) is 0 Å². The number of rotatable bonds is 4. The van der Waals surface area contributed by atoms with Gasteiger partial charge in [0.25, 0.3) is 0 Å². The lowest BCUT2D eigenvalue weighted by Crippen LogP contribution is -2.28. The van der Waals surface area contributed by atoms with Crippen LogP contribution in [0.2, 0.25) is 0 Å². The second-order valence-electron chi connectivity index (χ2n) is 3.72. The van der Waals surface area contributed by atoms with Crippen molar-refractivity contribution in [2.75, 3.05) is 0 Å². The van der Waals surface area contributed by atoms with E-state index >= 15 is 0 Å². The number of aromatic nitrogens is 1. The third kappa shape index (κ3) is 3.39. The highest BCUT2D eigenvalue weighted by molar-refractivity contribution is 9.10. The fraction of sp³-hybridized carbons (Fsp3) is 0.545. The molecule has 78 valence electrons. The van der Waals surface area contributed by atoms with Crippen LogP contribution >= 0.6 is 15.9 Å². The Bertz CT molecular complexity index is 271. The van der Waals surface area contributed by atoms with E-state index in [1.165, 1.54) is 0 Å². The zero-order chi connectivity index (χ0) is 10.6. The van der Waals surface area contributed by atoms with Gasteiger partial charge in [-0.1, -0.05) is 13.8 Å². The van der Waals surface area contributed by atoms with Crippen LogP contribution in [-0.4, -0.2) is 11.0 Å². The summed E-state index contributed by atoms with van der Waals surface area (Å²) in [6.45, 7) is 4.30. The van der Waals surface area contributed by atoms with Gasteiger partial charge in [-0.25, -0.2) is 0 Å². The van der Waals surface area contributed by atoms with Crippen LogP contribution in [0.25, 0.3) is 0 Å². The van der Waals surface area contributed by atoms with Crippen molar-refractivity contribution in [3.05, 3.63) is 28.5 Å². The van der Waals surface area contributed by atoms with Crippen molar-refractivity contribution in [2.45, 2.75) is 32.7 Å². The minimum atomic E-state index is 0.278. The van der Waals surface area contributed by atoms with E-state index in [-0.39, 0.29) is 6.04 Å². The van der Waals surface area contributed by atoms with Crippen LogP contribution in [0.3, 0.4) is 0 Å². The van der Waals surface area contributed by atoms with Crippen LogP contribution in [0.15, 0.2) is 22.8 Å². The normalized spacial score (nSPS) is 15.1. The summed E-state index contributed by atoms with van der Waals surface area (Å²) in [7, 11) is 0. The van der Waals surface area contributed by atoms with Gasteiger partial charge in [0.15, 0.2) is 0 Å². The maximum Gasteiger partial charge on any atom is 0.0413 e. The van der Waals surface area contributed by atoms with Gasteiger partial charge in [0, 0.05) is 22.4 Å². The van der Waals surface area contributed by atoms with Gasteiger partial charge in [0.05, 0.1) is 0 Å². The Balaban J connectivity index is 2.56. The summed E-state index contributed by atoms with van der Waals surface area (Å²) in [5.41, 5.74) is 7.07. The molecule has 1 aromatic heterocycles. The Morgan fingerprint density at radius 3 is 2.71 bits per heavy atom. The molecule has 1 aromatic rings. The van der Waals surface area contributed by atoms with Crippen LogP contribution in [0.1, 0.15) is 26.0 Å². The van der Waals surface area contributed by atoms with Crippen LogP contribution in [0, 0.1) is 5.92 Å². The fourth-order valence-electron chi connectivity index (χ4n) is 1.41. The molecule has 2 unspecified atom stereocenters. The topological polar surface area (TPSA) is 38.9 Å². The van der Waals surface area contributed by atoms with Crippen molar-refractivity contribution >= 4 is 15.9 Å². The Morgan fingerprint density at radius 2 is 2.21 bits per heavy atom. The number of halogens is 1. The maximum atomic E-state index is 5.96. The van der Waals surface area contributed by atoms with Gasteiger partial charge in [-0.05, 0) is 46.8 Å². The molecule has 0 saturated heterocycles. The van der Waals surface area contributed by atoms with E-state index in [0.717, 1.165) is 23.0 Å². The summed E-state index contributed by atoms with van der Waals surface area (Å²) in [4.78, 5) is 4.33. The summed E-state index contributed by atoms with van der Waals surface area (Å²) < 4.78 is 1.02. The van der Waals surface area contributed by atoms with Gasteiger partial charge >= 0.3 is 0 Å². The molecule has 0 aliphatic rings. The van der Waals surface area contributed by atoms with Crippen LogP contribution in [-0.2, 0) is 6.42 Å². The van der Waals surface area contributed by atoms with Crippen molar-refractivity contribution in [1.29, 1.82) is 0 Å². The molecular weight excluding hydrogens is 240 g/mol. The zero-order valence-electron chi connectivity index (χ0n) is 8.70. The van der Waals surface area contributed by atoms with Crippen LogP contribution in [0.4, 0.5) is 0 Å². The van der Waals surface area contributed by atoms with E-state index < -0.39 is 0 Å². The number of nitrogens with zero attached hydrogens (tertiary/aromatic N) is 1. The Kier molecular flexibility index (Phi) is 4.55. The highest BCUT2D eigenvalue weighted by Gasteiger charge is 2.11. The Morgan fingerprint density at radius 1 is 1.50 bits per heavy atom. The first-order valence-electron chi connectivity index (χ1n) is 4.99. The summed E-state index contributed by atoms with van der Waals surface area (Å²) >= 11 is 3.37. The maximum absolute atomic E-state index is 5.96. The molecule has 2 atom stereocenters. The van der Waals surface area contributed by atoms with Crippen LogP contribution in [0.5, 0.6) is 0 Å². The molecule has 0 bridgehead atoms. The van der Waals surface area contributed by atoms with Crippen molar-refractivity contribution < 1.29 is 0 Å². The molecule has 2 nitrogen and oxygen atoms in total. The van der Waals surface area contributed by atoms with E-state index in [1.807, 2.05) is 18.3 Å². The van der Waals surface area contributed by atoms with Gasteiger partial charge in [-0.15, -0.1) is 0 Å². The standard InChI is InChI=1S/C11H17BrN2/c1-3-11(13)8(2)6-10-5-4-9(12)7-14-10/h4-5,7-8,11H,3,6,13H2,1-2H3. The number of nitrogens with two attached hydrogens (primary N) is 1. The largest absolute Gasteiger partial charge is 0.327 e. The predicted octanol–water partition coefficient (Wildman–Crippen LogP) is 2.76. The third-order valence-corrected chi connectivity index (χ3v) is 2.99. The minimum absolute atomic E-state index is 0.278. The molecule has 0 amide bonds. The SMILES string of the molecule is CCC(N)C(C)Cc1ccc(Br)cn1. The van der Waals surface area contributed by atoms with Gasteiger partial charge in [-0.3, -0.25) is 4.98 Å². The fourth-order valence-corrected chi connectivity index (χ4v) is 1.65. The molecule has 2 N–H and O–H groups in total. The van der Waals surface area contributed by atoms with E-state index in [9.17, 15) is 0 Å². The first-order valence-corrected chi connectivity index (χ1v) is 5.78. The van der Waals surface area contributed by atoms with Crippen LogP contribution < -0.4 is 5.73 Å². The number of pyridine rings is 1. The minimum Gasteiger partial charge on any atom is -0.327 e. The molecule has 1 heterocycles. The molecule has 3 heteroatoms. The molecule has 14 heavy (non-hydrogen) atoms. The highest BCUT2D eigenvalue weighted by Crippen LogP contribution is 2.13. The monoisotopic (exact) mass is 256 g/mol. The first-order chi connectivity index (χ1) is 6.63. The lowest BCUT2D eigenvalue weighted by Gasteiger charge is -2.17. The van der Waals surface area contributed by atoms with E-state index in [2.05, 4.69) is 34.8 Å². The Hall–Kier alpha value is -0.410. The van der Waals surface area contributed by atoms with Crippen molar-refractivity contribution in [2.24, 2.45) is 11.7 Å². The molecule has 0 saturated carbocycles. The molecule has 1 rings (SSSR count). The quantitative estimate of drug-likeness (QED) is 0.900. The number of hydrogen-bond acceptors (Lipinski definition) is 2. The molecule has 0 spiro atoms. The predicted molar refractivity (Wildman–Crippen MR) is 63.1 cm³/mol. The molecule has 0 aliphatic heterocycles. The van der Waals surface area contributed by atoms with Gasteiger partial charge in [0.1, 0.15) is 0 Å². The highest BCUT2D eigenvalue weighted by atomic mass is 79.9. The lowest BCUT2D eigenvalue weighted by atomic mass is 9.95. The first kappa shape index (κ1) is 11.7. The van der Waals surface area contributed by atoms with E-state index in [4.69, 9.17) is 5.73 Å². The van der Waals surface area contributed by atoms with Gasteiger partial charge < -0.3 is 5.73 Å². The zero-order valence-corrected chi connectivity index (χ0v) is 10.3. The summed E-state index contributed by atoms with van der Waals surface area (Å²) in [5, 5.41) is 0. The molecular formula is C11H17BrN2. The summed E-state index contributed by atoms with van der Waals surface area (Å²) in [5.74, 6) is 0.494. The Labute approximate surface area is 94.0 Å². The average Bonchev–Trinajstić information content (AvgIpc) is 2.20. The lowest BCUT2D eigenvalue weighted by molar-refractivity contribution is 0.438. The van der Waals surface area contributed by atoms with Crippen molar-refractivity contribution in [3.63, 3.8) is 0 Å². The molecule has 0 aromatic carbocycles. The van der Waals surface area contributed by atoms with Crippen molar-refractivity contribution in [3.8, 4) is 0 Å². The second kappa shape index (κ2) is 5.47. The summed E-state index contributed by atoms with van der Waals surface area (Å²) in [6.07, 6.45) is 3.82. The average molecular weight is 257 g/mol. The second-order valence-corrected chi connectivity index (χ2v) is 4.64. The molecule has 0 fully saturated rings. The smallest absolute Gasteiger partial charge is 0.0413 e. The van der Waals surface area contributed by atoms with Gasteiger partial charge in [-0.2, -0.15) is 0 Å². The van der Waals surface area contributed by atoms with E-state index in [1.54, 1.807) is 0 Å².